The maximum atomic E-state index is 11.6. The molecule has 0 radical (unpaired) electrons. The molecule has 114 valence electrons. The molecule has 0 saturated carbocycles. The second kappa shape index (κ2) is 12.7. The molecule has 0 saturated heterocycles. The summed E-state index contributed by atoms with van der Waals surface area (Å²) in [6.07, 6.45) is 12.0. The molecule has 0 fully saturated rings. The minimum Gasteiger partial charge on any atom is -0.392 e. The summed E-state index contributed by atoms with van der Waals surface area (Å²) < 4.78 is 0. The molecule has 2 atom stereocenters. The fourth-order valence-electron chi connectivity index (χ4n) is 2.62. The number of unbranched alkanes of at least 4 members (excludes halogenated alkanes) is 7. The van der Waals surface area contributed by atoms with E-state index in [2.05, 4.69) is 13.8 Å². The van der Waals surface area contributed by atoms with Crippen molar-refractivity contribution >= 4 is 5.78 Å². The van der Waals surface area contributed by atoms with Crippen LogP contribution in [0.5, 0.6) is 0 Å². The zero-order valence-corrected chi connectivity index (χ0v) is 13.3. The monoisotopic (exact) mass is 270 g/mol. The third-order valence-corrected chi connectivity index (χ3v) is 3.96. The van der Waals surface area contributed by atoms with Gasteiger partial charge in [0.15, 0.2) is 0 Å². The number of aliphatic hydroxyl groups excluding tert-OH is 1. The topological polar surface area (TPSA) is 37.3 Å². The Balaban J connectivity index is 3.84. The Morgan fingerprint density at radius 3 is 1.84 bits per heavy atom. The van der Waals surface area contributed by atoms with Crippen LogP contribution in [0, 0.1) is 5.92 Å². The number of carbonyl (C=O) groups is 1. The van der Waals surface area contributed by atoms with Gasteiger partial charge in [-0.25, -0.2) is 0 Å². The molecule has 0 aliphatic heterocycles. The third kappa shape index (κ3) is 10.1. The van der Waals surface area contributed by atoms with E-state index in [0.29, 0.717) is 0 Å². The normalized spacial score (nSPS) is 14.3. The zero-order chi connectivity index (χ0) is 14.5. The molecule has 0 rings (SSSR count). The fraction of sp³-hybridized carbons (Fsp3) is 0.941. The molecule has 2 heteroatoms. The predicted octanol–water partition coefficient (Wildman–Crippen LogP) is 4.88. The summed E-state index contributed by atoms with van der Waals surface area (Å²) in [4.78, 5) is 11.6. The van der Waals surface area contributed by atoms with Crippen LogP contribution in [0.4, 0.5) is 0 Å². The Labute approximate surface area is 120 Å². The molecule has 0 bridgehead atoms. The molecule has 0 aliphatic carbocycles. The first-order chi connectivity index (χ1) is 9.13. The van der Waals surface area contributed by atoms with Crippen molar-refractivity contribution in [3.8, 4) is 0 Å². The highest BCUT2D eigenvalue weighted by molar-refractivity contribution is 5.78. The third-order valence-electron chi connectivity index (χ3n) is 3.96. The van der Waals surface area contributed by atoms with Crippen molar-refractivity contribution in [2.24, 2.45) is 5.92 Å². The average Bonchev–Trinajstić information content (AvgIpc) is 2.37. The van der Waals surface area contributed by atoms with E-state index in [1.54, 1.807) is 6.92 Å². The van der Waals surface area contributed by atoms with Gasteiger partial charge < -0.3 is 5.11 Å². The molecule has 0 aromatic rings. The van der Waals surface area contributed by atoms with E-state index >= 15 is 0 Å². The highest BCUT2D eigenvalue weighted by Gasteiger charge is 2.22. The second-order valence-corrected chi connectivity index (χ2v) is 5.84. The van der Waals surface area contributed by atoms with Crippen molar-refractivity contribution in [3.05, 3.63) is 0 Å². The predicted molar refractivity (Wildman–Crippen MR) is 82.3 cm³/mol. The minimum absolute atomic E-state index is 0.122. The van der Waals surface area contributed by atoms with Crippen LogP contribution in [0.1, 0.15) is 91.4 Å². The fourth-order valence-corrected chi connectivity index (χ4v) is 2.62. The first kappa shape index (κ1) is 18.6. The van der Waals surface area contributed by atoms with Crippen molar-refractivity contribution < 1.29 is 9.90 Å². The number of rotatable bonds is 13. The van der Waals surface area contributed by atoms with Gasteiger partial charge in [-0.05, 0) is 19.8 Å². The van der Waals surface area contributed by atoms with Gasteiger partial charge in [0.2, 0.25) is 0 Å². The average molecular weight is 270 g/mol. The van der Waals surface area contributed by atoms with Crippen molar-refractivity contribution in [2.45, 2.75) is 97.5 Å². The Bertz CT molecular complexity index is 213. The van der Waals surface area contributed by atoms with Gasteiger partial charge in [-0.2, -0.15) is 0 Å². The molecule has 0 aromatic carbocycles. The molecule has 2 unspecified atom stereocenters. The lowest BCUT2D eigenvalue weighted by molar-refractivity contribution is -0.124. The Morgan fingerprint density at radius 2 is 1.32 bits per heavy atom. The highest BCUT2D eigenvalue weighted by Crippen LogP contribution is 2.20. The molecule has 2 nitrogen and oxygen atoms in total. The standard InChI is InChI=1S/C17H34O2/c1-4-6-8-10-12-14-17(19)16(15(3)18)13-11-9-7-5-2/h16-17,19H,4-14H2,1-3H3. The summed E-state index contributed by atoms with van der Waals surface area (Å²) in [5.41, 5.74) is 0. The SMILES string of the molecule is CCCCCCCC(O)C(CCCCCC)C(C)=O. The maximum absolute atomic E-state index is 11.6. The first-order valence-electron chi connectivity index (χ1n) is 8.32. The smallest absolute Gasteiger partial charge is 0.135 e. The first-order valence-corrected chi connectivity index (χ1v) is 8.32. The lowest BCUT2D eigenvalue weighted by atomic mass is 9.89. The van der Waals surface area contributed by atoms with Gasteiger partial charge in [0.05, 0.1) is 6.10 Å². The number of ketones is 1. The Kier molecular flexibility index (Phi) is 12.4. The number of carbonyl (C=O) groups excluding carboxylic acids is 1. The summed E-state index contributed by atoms with van der Waals surface area (Å²) >= 11 is 0. The van der Waals surface area contributed by atoms with E-state index in [0.717, 1.165) is 25.7 Å². The minimum atomic E-state index is -0.416. The lowest BCUT2D eigenvalue weighted by Gasteiger charge is -2.20. The van der Waals surface area contributed by atoms with E-state index in [1.165, 1.54) is 44.9 Å². The van der Waals surface area contributed by atoms with Crippen LogP contribution in [0.15, 0.2) is 0 Å². The van der Waals surface area contributed by atoms with E-state index in [4.69, 9.17) is 0 Å². The van der Waals surface area contributed by atoms with Crippen LogP contribution < -0.4 is 0 Å². The lowest BCUT2D eigenvalue weighted by Crippen LogP contribution is -2.26. The van der Waals surface area contributed by atoms with Gasteiger partial charge in [-0.3, -0.25) is 4.79 Å². The molecule has 0 aliphatic rings. The van der Waals surface area contributed by atoms with Crippen LogP contribution in [-0.2, 0) is 4.79 Å². The number of hydrogen-bond donors (Lipinski definition) is 1. The molecular formula is C17H34O2. The zero-order valence-electron chi connectivity index (χ0n) is 13.3. The molecule has 19 heavy (non-hydrogen) atoms. The van der Waals surface area contributed by atoms with Crippen molar-refractivity contribution in [2.75, 3.05) is 0 Å². The van der Waals surface area contributed by atoms with Gasteiger partial charge in [0.1, 0.15) is 5.78 Å². The number of Topliss-reactive ketones (excluding diaryl/α,β-unsaturated/α-hetero) is 1. The molecule has 0 amide bonds. The van der Waals surface area contributed by atoms with E-state index in [-0.39, 0.29) is 11.7 Å². The van der Waals surface area contributed by atoms with Crippen LogP contribution in [0.3, 0.4) is 0 Å². The molecule has 0 heterocycles. The maximum Gasteiger partial charge on any atom is 0.135 e. The number of aliphatic hydroxyl groups is 1. The molecule has 0 spiro atoms. The summed E-state index contributed by atoms with van der Waals surface area (Å²) in [5, 5.41) is 10.2. The second-order valence-electron chi connectivity index (χ2n) is 5.84. The summed E-state index contributed by atoms with van der Waals surface area (Å²) in [7, 11) is 0. The Morgan fingerprint density at radius 1 is 0.842 bits per heavy atom. The van der Waals surface area contributed by atoms with Crippen LogP contribution in [-0.4, -0.2) is 17.0 Å². The van der Waals surface area contributed by atoms with E-state index in [9.17, 15) is 9.90 Å². The van der Waals surface area contributed by atoms with Crippen molar-refractivity contribution in [1.29, 1.82) is 0 Å². The molecule has 0 aromatic heterocycles. The van der Waals surface area contributed by atoms with Crippen molar-refractivity contribution in [3.63, 3.8) is 0 Å². The summed E-state index contributed by atoms with van der Waals surface area (Å²) in [5.74, 6) is 0.0422. The molecular weight excluding hydrogens is 236 g/mol. The van der Waals surface area contributed by atoms with Crippen LogP contribution >= 0.6 is 0 Å². The number of hydrogen-bond acceptors (Lipinski definition) is 2. The molecule has 1 N–H and O–H groups in total. The van der Waals surface area contributed by atoms with Gasteiger partial charge in [0.25, 0.3) is 0 Å². The quantitative estimate of drug-likeness (QED) is 0.484. The van der Waals surface area contributed by atoms with Gasteiger partial charge in [-0.1, -0.05) is 71.6 Å². The van der Waals surface area contributed by atoms with Crippen LogP contribution in [0.25, 0.3) is 0 Å². The van der Waals surface area contributed by atoms with Gasteiger partial charge in [0, 0.05) is 5.92 Å². The van der Waals surface area contributed by atoms with Gasteiger partial charge >= 0.3 is 0 Å². The van der Waals surface area contributed by atoms with E-state index < -0.39 is 6.10 Å². The van der Waals surface area contributed by atoms with Crippen LogP contribution in [0.2, 0.25) is 0 Å². The van der Waals surface area contributed by atoms with Crippen molar-refractivity contribution in [1.82, 2.24) is 0 Å². The largest absolute Gasteiger partial charge is 0.392 e. The highest BCUT2D eigenvalue weighted by atomic mass is 16.3. The van der Waals surface area contributed by atoms with Gasteiger partial charge in [-0.15, -0.1) is 0 Å². The Hall–Kier alpha value is -0.370. The summed E-state index contributed by atoms with van der Waals surface area (Å²) in [6.45, 7) is 6.02. The summed E-state index contributed by atoms with van der Waals surface area (Å²) in [6, 6.07) is 0. The van der Waals surface area contributed by atoms with E-state index in [1.807, 2.05) is 0 Å².